The maximum Gasteiger partial charge on any atom is 0.250 e. The lowest BCUT2D eigenvalue weighted by atomic mass is 10.1. The minimum absolute atomic E-state index is 0.0578. The summed E-state index contributed by atoms with van der Waals surface area (Å²) in [7, 11) is 0. The van der Waals surface area contributed by atoms with E-state index < -0.39 is 0 Å². The van der Waals surface area contributed by atoms with Gasteiger partial charge in [0.15, 0.2) is 0 Å². The van der Waals surface area contributed by atoms with Gasteiger partial charge in [0.25, 0.3) is 5.56 Å². The first-order chi connectivity index (χ1) is 10.7. The van der Waals surface area contributed by atoms with Crippen molar-refractivity contribution in [3.05, 3.63) is 70.6 Å². The van der Waals surface area contributed by atoms with Crippen LogP contribution < -0.4 is 5.56 Å². The van der Waals surface area contributed by atoms with Gasteiger partial charge < -0.3 is 14.2 Å². The van der Waals surface area contributed by atoms with E-state index >= 15 is 0 Å². The molecule has 2 heterocycles. The number of nitrogens with zero attached hydrogens (tertiary/aromatic N) is 2. The minimum Gasteiger partial charge on any atom is -0.370 e. The highest BCUT2D eigenvalue weighted by atomic mass is 16.5. The summed E-state index contributed by atoms with van der Waals surface area (Å²) in [6.45, 7) is 1.66. The Morgan fingerprint density at radius 3 is 2.68 bits per heavy atom. The predicted molar refractivity (Wildman–Crippen MR) is 82.4 cm³/mol. The van der Waals surface area contributed by atoms with Crippen molar-refractivity contribution in [1.29, 1.82) is 0 Å². The smallest absolute Gasteiger partial charge is 0.250 e. The quantitative estimate of drug-likeness (QED) is 0.862. The molecule has 5 heteroatoms. The van der Waals surface area contributed by atoms with Crippen LogP contribution >= 0.6 is 0 Å². The van der Waals surface area contributed by atoms with Gasteiger partial charge in [0.05, 0.1) is 13.2 Å². The average molecular weight is 298 g/mol. The van der Waals surface area contributed by atoms with E-state index in [-0.39, 0.29) is 24.1 Å². The number of hydrogen-bond acceptors (Lipinski definition) is 3. The standard InChI is InChI=1S/C17H18N2O3/c20-16-8-4-5-9-18(16)13-17(21)19-10-11-22-15(12-19)14-6-2-1-3-7-14/h1-9,15H,10-13H2. The van der Waals surface area contributed by atoms with Crippen LogP contribution in [-0.2, 0) is 16.1 Å². The van der Waals surface area contributed by atoms with E-state index in [1.54, 1.807) is 23.2 Å². The molecule has 0 saturated carbocycles. The Balaban J connectivity index is 1.68. The van der Waals surface area contributed by atoms with Crippen molar-refractivity contribution >= 4 is 5.91 Å². The molecule has 0 spiro atoms. The highest BCUT2D eigenvalue weighted by Crippen LogP contribution is 2.21. The van der Waals surface area contributed by atoms with Crippen LogP contribution in [0.15, 0.2) is 59.5 Å². The zero-order valence-corrected chi connectivity index (χ0v) is 12.2. The summed E-state index contributed by atoms with van der Waals surface area (Å²) in [5, 5.41) is 0. The lowest BCUT2D eigenvalue weighted by Crippen LogP contribution is -2.44. The maximum absolute atomic E-state index is 12.4. The van der Waals surface area contributed by atoms with Gasteiger partial charge in [-0.25, -0.2) is 0 Å². The Kier molecular flexibility index (Phi) is 4.34. The molecule has 0 bridgehead atoms. The lowest BCUT2D eigenvalue weighted by Gasteiger charge is -2.33. The van der Waals surface area contributed by atoms with Crippen LogP contribution in [0.1, 0.15) is 11.7 Å². The summed E-state index contributed by atoms with van der Waals surface area (Å²) in [4.78, 5) is 25.9. The van der Waals surface area contributed by atoms with Crippen LogP contribution in [0, 0.1) is 0 Å². The van der Waals surface area contributed by atoms with Crippen LogP contribution in [-0.4, -0.2) is 35.1 Å². The first-order valence-corrected chi connectivity index (χ1v) is 7.34. The highest BCUT2D eigenvalue weighted by molar-refractivity contribution is 5.76. The van der Waals surface area contributed by atoms with Gasteiger partial charge in [0.2, 0.25) is 5.91 Å². The molecule has 5 nitrogen and oxygen atoms in total. The van der Waals surface area contributed by atoms with E-state index in [4.69, 9.17) is 4.74 Å². The van der Waals surface area contributed by atoms with Crippen molar-refractivity contribution in [2.75, 3.05) is 19.7 Å². The monoisotopic (exact) mass is 298 g/mol. The fraction of sp³-hybridized carbons (Fsp3) is 0.294. The van der Waals surface area contributed by atoms with Crippen molar-refractivity contribution < 1.29 is 9.53 Å². The highest BCUT2D eigenvalue weighted by Gasteiger charge is 2.25. The number of carbonyl (C=O) groups is 1. The van der Waals surface area contributed by atoms with E-state index in [9.17, 15) is 9.59 Å². The Labute approximate surface area is 128 Å². The fourth-order valence-electron chi connectivity index (χ4n) is 2.58. The Hall–Kier alpha value is -2.40. The zero-order chi connectivity index (χ0) is 15.4. The summed E-state index contributed by atoms with van der Waals surface area (Å²) in [5.74, 6) is -0.0578. The molecule has 1 aromatic carbocycles. The Bertz CT molecular complexity index is 696. The molecule has 0 radical (unpaired) electrons. The molecule has 1 saturated heterocycles. The first kappa shape index (κ1) is 14.5. The van der Waals surface area contributed by atoms with Crippen molar-refractivity contribution in [3.63, 3.8) is 0 Å². The average Bonchev–Trinajstić information content (AvgIpc) is 2.58. The van der Waals surface area contributed by atoms with Gasteiger partial charge >= 0.3 is 0 Å². The van der Waals surface area contributed by atoms with E-state index in [0.717, 1.165) is 5.56 Å². The van der Waals surface area contributed by atoms with Crippen molar-refractivity contribution in [2.45, 2.75) is 12.6 Å². The van der Waals surface area contributed by atoms with Gasteiger partial charge in [-0.3, -0.25) is 9.59 Å². The molecule has 114 valence electrons. The van der Waals surface area contributed by atoms with Gasteiger partial charge in [-0.2, -0.15) is 0 Å². The maximum atomic E-state index is 12.4. The number of pyridine rings is 1. The first-order valence-electron chi connectivity index (χ1n) is 7.34. The largest absolute Gasteiger partial charge is 0.370 e. The number of carbonyl (C=O) groups excluding carboxylic acids is 1. The molecule has 2 aromatic rings. The molecule has 1 fully saturated rings. The van der Waals surface area contributed by atoms with Crippen LogP contribution in [0.3, 0.4) is 0 Å². The molecule has 22 heavy (non-hydrogen) atoms. The van der Waals surface area contributed by atoms with E-state index in [2.05, 4.69) is 0 Å². The summed E-state index contributed by atoms with van der Waals surface area (Å²) >= 11 is 0. The van der Waals surface area contributed by atoms with E-state index in [0.29, 0.717) is 19.7 Å². The number of ether oxygens (including phenoxy) is 1. The second kappa shape index (κ2) is 6.58. The van der Waals surface area contributed by atoms with Crippen LogP contribution in [0.4, 0.5) is 0 Å². The molecule has 0 aliphatic carbocycles. The topological polar surface area (TPSA) is 51.5 Å². The molecule has 3 rings (SSSR count). The molecule has 1 aliphatic heterocycles. The molecule has 1 amide bonds. The molecule has 1 unspecified atom stereocenters. The summed E-state index contributed by atoms with van der Waals surface area (Å²) < 4.78 is 7.18. The molecule has 1 aromatic heterocycles. The molecular weight excluding hydrogens is 280 g/mol. The van der Waals surface area contributed by atoms with Crippen LogP contribution in [0.2, 0.25) is 0 Å². The third-order valence-electron chi connectivity index (χ3n) is 3.80. The molecule has 1 atom stereocenters. The van der Waals surface area contributed by atoms with E-state index in [1.165, 1.54) is 10.6 Å². The van der Waals surface area contributed by atoms with Crippen molar-refractivity contribution in [3.8, 4) is 0 Å². The van der Waals surface area contributed by atoms with Crippen molar-refractivity contribution in [2.24, 2.45) is 0 Å². The summed E-state index contributed by atoms with van der Waals surface area (Å²) in [6.07, 6.45) is 1.53. The third-order valence-corrected chi connectivity index (χ3v) is 3.80. The number of aromatic nitrogens is 1. The zero-order valence-electron chi connectivity index (χ0n) is 12.2. The third kappa shape index (κ3) is 3.26. The van der Waals surface area contributed by atoms with Crippen LogP contribution in [0.5, 0.6) is 0 Å². The second-order valence-corrected chi connectivity index (χ2v) is 5.28. The van der Waals surface area contributed by atoms with Gasteiger partial charge in [0.1, 0.15) is 12.6 Å². The van der Waals surface area contributed by atoms with Crippen LogP contribution in [0.25, 0.3) is 0 Å². The molecule has 0 N–H and O–H groups in total. The SMILES string of the molecule is O=C(Cn1ccccc1=O)N1CCOC(c2ccccc2)C1. The predicted octanol–water partition coefficient (Wildman–Crippen LogP) is 1.45. The summed E-state index contributed by atoms with van der Waals surface area (Å²) in [6, 6.07) is 14.8. The molecule has 1 aliphatic rings. The lowest BCUT2D eigenvalue weighted by molar-refractivity contribution is -0.139. The fourth-order valence-corrected chi connectivity index (χ4v) is 2.58. The molecular formula is C17H18N2O3. The summed E-state index contributed by atoms with van der Waals surface area (Å²) in [5.41, 5.74) is 0.903. The Morgan fingerprint density at radius 2 is 1.91 bits per heavy atom. The number of rotatable bonds is 3. The number of morpholine rings is 1. The second-order valence-electron chi connectivity index (χ2n) is 5.28. The number of hydrogen-bond donors (Lipinski definition) is 0. The van der Waals surface area contributed by atoms with E-state index in [1.807, 2.05) is 30.3 Å². The Morgan fingerprint density at radius 1 is 1.14 bits per heavy atom. The number of amides is 1. The normalized spacial score (nSPS) is 18.2. The van der Waals surface area contributed by atoms with Gasteiger partial charge in [-0.05, 0) is 11.6 Å². The number of benzene rings is 1. The van der Waals surface area contributed by atoms with Gasteiger partial charge in [0, 0.05) is 18.8 Å². The van der Waals surface area contributed by atoms with Gasteiger partial charge in [-0.15, -0.1) is 0 Å². The minimum atomic E-state index is -0.163. The van der Waals surface area contributed by atoms with Gasteiger partial charge in [-0.1, -0.05) is 36.4 Å². The van der Waals surface area contributed by atoms with Crippen molar-refractivity contribution in [1.82, 2.24) is 9.47 Å².